The Bertz CT molecular complexity index is 797. The SMILES string of the molecule is CCNC(=NCCCNS(C)(=O)=O)N1CCN(c2cccc(C(F)(F)F)c2)CC1.I. The van der Waals surface area contributed by atoms with Crippen LogP contribution in [-0.4, -0.2) is 71.3 Å². The molecular weight excluding hydrogens is 534 g/mol. The summed E-state index contributed by atoms with van der Waals surface area (Å²) >= 11 is 0. The fourth-order valence-electron chi connectivity index (χ4n) is 3.00. The molecule has 12 heteroatoms. The number of piperazine rings is 1. The zero-order valence-electron chi connectivity index (χ0n) is 17.1. The summed E-state index contributed by atoms with van der Waals surface area (Å²) < 4.78 is 63.4. The molecule has 0 unspecified atom stereocenters. The summed E-state index contributed by atoms with van der Waals surface area (Å²) in [6.45, 7) is 5.87. The zero-order chi connectivity index (χ0) is 21.5. The van der Waals surface area contributed by atoms with Crippen LogP contribution in [0.1, 0.15) is 18.9 Å². The molecule has 1 saturated heterocycles. The second-order valence-corrected chi connectivity index (χ2v) is 8.61. The molecule has 30 heavy (non-hydrogen) atoms. The van der Waals surface area contributed by atoms with Crippen LogP contribution in [0.25, 0.3) is 0 Å². The van der Waals surface area contributed by atoms with Crippen molar-refractivity contribution in [1.29, 1.82) is 0 Å². The van der Waals surface area contributed by atoms with Crippen molar-refractivity contribution in [2.75, 3.05) is 57.0 Å². The van der Waals surface area contributed by atoms with Crippen molar-refractivity contribution in [2.24, 2.45) is 4.99 Å². The number of nitrogens with one attached hydrogen (secondary N) is 2. The molecule has 1 aromatic rings. The van der Waals surface area contributed by atoms with E-state index in [0.29, 0.717) is 57.9 Å². The van der Waals surface area contributed by atoms with E-state index in [2.05, 4.69) is 19.9 Å². The number of anilines is 1. The molecule has 172 valence electrons. The van der Waals surface area contributed by atoms with Gasteiger partial charge in [-0.3, -0.25) is 4.99 Å². The van der Waals surface area contributed by atoms with Crippen LogP contribution >= 0.6 is 24.0 Å². The number of halogens is 4. The molecule has 2 N–H and O–H groups in total. The van der Waals surface area contributed by atoms with Crippen LogP contribution in [-0.2, 0) is 16.2 Å². The van der Waals surface area contributed by atoms with Crippen LogP contribution in [0.2, 0.25) is 0 Å². The second-order valence-electron chi connectivity index (χ2n) is 6.78. The van der Waals surface area contributed by atoms with E-state index < -0.39 is 21.8 Å². The number of benzene rings is 1. The molecule has 0 aliphatic carbocycles. The number of hydrogen-bond acceptors (Lipinski definition) is 4. The average Bonchev–Trinajstić information content (AvgIpc) is 2.66. The van der Waals surface area contributed by atoms with Crippen molar-refractivity contribution < 1.29 is 21.6 Å². The molecule has 0 bridgehead atoms. The van der Waals surface area contributed by atoms with Gasteiger partial charge in [-0.1, -0.05) is 6.07 Å². The third-order valence-corrected chi connectivity index (χ3v) is 5.14. The Labute approximate surface area is 193 Å². The van der Waals surface area contributed by atoms with Crippen molar-refractivity contribution in [3.63, 3.8) is 0 Å². The molecule has 1 heterocycles. The number of rotatable bonds is 7. The van der Waals surface area contributed by atoms with Crippen molar-refractivity contribution >= 4 is 45.6 Å². The number of hydrogen-bond donors (Lipinski definition) is 2. The highest BCUT2D eigenvalue weighted by Gasteiger charge is 2.31. The largest absolute Gasteiger partial charge is 0.416 e. The molecule has 2 rings (SSSR count). The first kappa shape index (κ1) is 26.8. The van der Waals surface area contributed by atoms with Crippen LogP contribution < -0.4 is 14.9 Å². The van der Waals surface area contributed by atoms with Gasteiger partial charge in [0, 0.05) is 51.5 Å². The van der Waals surface area contributed by atoms with Gasteiger partial charge in [0.05, 0.1) is 11.8 Å². The Kier molecular flexibility index (Phi) is 10.6. The minimum absolute atomic E-state index is 0. The maximum atomic E-state index is 12.9. The minimum atomic E-state index is -4.35. The fraction of sp³-hybridized carbons (Fsp3) is 0.611. The second kappa shape index (κ2) is 11.9. The van der Waals surface area contributed by atoms with Gasteiger partial charge in [0.1, 0.15) is 0 Å². The first-order chi connectivity index (χ1) is 13.6. The Morgan fingerprint density at radius 1 is 1.20 bits per heavy atom. The van der Waals surface area contributed by atoms with Gasteiger partial charge in [0.2, 0.25) is 10.0 Å². The molecule has 0 atom stereocenters. The molecule has 0 aromatic heterocycles. The van der Waals surface area contributed by atoms with E-state index in [1.807, 2.05) is 11.8 Å². The van der Waals surface area contributed by atoms with Crippen LogP contribution in [0.3, 0.4) is 0 Å². The predicted octanol–water partition coefficient (Wildman–Crippen LogP) is 2.35. The lowest BCUT2D eigenvalue weighted by Gasteiger charge is -2.38. The van der Waals surface area contributed by atoms with Crippen LogP contribution in [0.5, 0.6) is 0 Å². The van der Waals surface area contributed by atoms with E-state index in [1.54, 1.807) is 6.07 Å². The lowest BCUT2D eigenvalue weighted by Crippen LogP contribution is -2.52. The summed E-state index contributed by atoms with van der Waals surface area (Å²) in [6, 6.07) is 5.39. The third-order valence-electron chi connectivity index (χ3n) is 4.41. The topological polar surface area (TPSA) is 77.0 Å². The average molecular weight is 563 g/mol. The Hall–Kier alpha value is -1.28. The van der Waals surface area contributed by atoms with E-state index >= 15 is 0 Å². The fourth-order valence-corrected chi connectivity index (χ4v) is 3.52. The number of nitrogens with zero attached hydrogens (tertiary/aromatic N) is 3. The zero-order valence-corrected chi connectivity index (χ0v) is 20.2. The number of aliphatic imine (C=N–C) groups is 1. The molecule has 0 radical (unpaired) electrons. The highest BCUT2D eigenvalue weighted by atomic mass is 127. The summed E-state index contributed by atoms with van der Waals surface area (Å²) in [5.74, 6) is 0.732. The Morgan fingerprint density at radius 3 is 2.43 bits per heavy atom. The summed E-state index contributed by atoms with van der Waals surface area (Å²) in [7, 11) is -3.20. The van der Waals surface area contributed by atoms with Gasteiger partial charge >= 0.3 is 6.18 Å². The molecule has 1 aliphatic heterocycles. The summed E-state index contributed by atoms with van der Waals surface area (Å²) in [5, 5.41) is 3.21. The van der Waals surface area contributed by atoms with Gasteiger partial charge in [-0.2, -0.15) is 13.2 Å². The highest BCUT2D eigenvalue weighted by Crippen LogP contribution is 2.31. The van der Waals surface area contributed by atoms with E-state index in [-0.39, 0.29) is 24.0 Å². The highest BCUT2D eigenvalue weighted by molar-refractivity contribution is 14.0. The number of alkyl halides is 3. The van der Waals surface area contributed by atoms with Crippen molar-refractivity contribution in [1.82, 2.24) is 14.9 Å². The van der Waals surface area contributed by atoms with Gasteiger partial charge in [-0.25, -0.2) is 13.1 Å². The predicted molar refractivity (Wildman–Crippen MR) is 124 cm³/mol. The van der Waals surface area contributed by atoms with Crippen LogP contribution in [0.15, 0.2) is 29.3 Å². The van der Waals surface area contributed by atoms with E-state index in [9.17, 15) is 21.6 Å². The summed E-state index contributed by atoms with van der Waals surface area (Å²) in [6.07, 6.45) is -2.66. The van der Waals surface area contributed by atoms with Gasteiger partial charge in [-0.05, 0) is 31.5 Å². The van der Waals surface area contributed by atoms with E-state index in [0.717, 1.165) is 18.3 Å². The van der Waals surface area contributed by atoms with Gasteiger partial charge in [0.25, 0.3) is 0 Å². The molecule has 1 aromatic carbocycles. The maximum absolute atomic E-state index is 12.9. The number of sulfonamides is 1. The lowest BCUT2D eigenvalue weighted by molar-refractivity contribution is -0.137. The van der Waals surface area contributed by atoms with E-state index in [4.69, 9.17) is 0 Å². The van der Waals surface area contributed by atoms with Crippen molar-refractivity contribution in [3.05, 3.63) is 29.8 Å². The summed E-state index contributed by atoms with van der Waals surface area (Å²) in [4.78, 5) is 8.53. The Balaban J connectivity index is 0.00000450. The first-order valence-electron chi connectivity index (χ1n) is 9.50. The van der Waals surface area contributed by atoms with Crippen LogP contribution in [0, 0.1) is 0 Å². The summed E-state index contributed by atoms with van der Waals surface area (Å²) in [5.41, 5.74) is -0.0803. The third kappa shape index (κ3) is 8.84. The first-order valence-corrected chi connectivity index (χ1v) is 11.4. The monoisotopic (exact) mass is 563 g/mol. The van der Waals surface area contributed by atoms with Crippen LogP contribution in [0.4, 0.5) is 18.9 Å². The standard InChI is InChI=1S/C18H28F3N5O2S.HI/c1-3-22-17(23-8-5-9-24-29(2,27)28)26-12-10-25(11-13-26)16-7-4-6-15(14-16)18(19,20)21;/h4,6-7,14,24H,3,5,8-13H2,1-2H3,(H,22,23);1H. The normalized spacial score (nSPS) is 15.7. The Morgan fingerprint density at radius 2 is 1.87 bits per heavy atom. The maximum Gasteiger partial charge on any atom is 0.416 e. The smallest absolute Gasteiger partial charge is 0.368 e. The van der Waals surface area contributed by atoms with E-state index in [1.165, 1.54) is 12.1 Å². The number of guanidine groups is 1. The quantitative estimate of drug-likeness (QED) is 0.231. The molecule has 0 amide bonds. The molecule has 1 aliphatic rings. The van der Waals surface area contributed by atoms with Gasteiger partial charge in [0.15, 0.2) is 5.96 Å². The molecule has 1 fully saturated rings. The molecule has 0 spiro atoms. The molecular formula is C18H29F3IN5O2S. The molecule has 0 saturated carbocycles. The van der Waals surface area contributed by atoms with Crippen molar-refractivity contribution in [2.45, 2.75) is 19.5 Å². The van der Waals surface area contributed by atoms with Gasteiger partial charge in [-0.15, -0.1) is 24.0 Å². The lowest BCUT2D eigenvalue weighted by atomic mass is 10.1. The molecule has 7 nitrogen and oxygen atoms in total. The van der Waals surface area contributed by atoms with Crippen molar-refractivity contribution in [3.8, 4) is 0 Å². The minimum Gasteiger partial charge on any atom is -0.368 e. The van der Waals surface area contributed by atoms with Gasteiger partial charge < -0.3 is 15.1 Å².